The second-order valence-electron chi connectivity index (χ2n) is 3.86. The van der Waals surface area contributed by atoms with Crippen molar-refractivity contribution in [2.24, 2.45) is 0 Å². The number of rotatable bonds is 5. The van der Waals surface area contributed by atoms with Gasteiger partial charge in [-0.05, 0) is 6.07 Å². The smallest absolute Gasteiger partial charge is 0.313 e. The number of benzene rings is 1. The molecule has 0 radical (unpaired) electrons. The first-order valence-electron chi connectivity index (χ1n) is 5.47. The molecule has 0 aliphatic carbocycles. The van der Waals surface area contributed by atoms with Gasteiger partial charge in [-0.15, -0.1) is 11.8 Å². The Bertz CT molecular complexity index is 463. The van der Waals surface area contributed by atoms with Crippen LogP contribution in [0.15, 0.2) is 24.3 Å². The number of carboxylic acids is 1. The first kappa shape index (κ1) is 12.8. The van der Waals surface area contributed by atoms with E-state index >= 15 is 0 Å². The highest BCUT2D eigenvalue weighted by Gasteiger charge is 2.24. The number of fused-ring (bicyclic) bond motifs is 1. The Labute approximate surface area is 109 Å². The summed E-state index contributed by atoms with van der Waals surface area (Å²) in [5, 5.41) is 11.3. The van der Waals surface area contributed by atoms with Crippen molar-refractivity contribution >= 4 is 23.6 Å². The summed E-state index contributed by atoms with van der Waals surface area (Å²) in [5.41, 5.74) is 0.967. The van der Waals surface area contributed by atoms with Gasteiger partial charge in [0.2, 0.25) is 5.91 Å². The van der Waals surface area contributed by atoms with Crippen LogP contribution in [0.2, 0.25) is 0 Å². The molecule has 18 heavy (non-hydrogen) atoms. The van der Waals surface area contributed by atoms with Crippen LogP contribution < -0.4 is 10.1 Å². The number of ether oxygens (including phenoxy) is 1. The number of nitrogens with one attached hydrogen (secondary N) is 1. The molecule has 0 fully saturated rings. The highest BCUT2D eigenvalue weighted by Crippen LogP contribution is 2.31. The zero-order valence-electron chi connectivity index (χ0n) is 9.59. The van der Waals surface area contributed by atoms with E-state index in [4.69, 9.17) is 9.84 Å². The third-order valence-electron chi connectivity index (χ3n) is 2.49. The molecule has 5 nitrogen and oxygen atoms in total. The summed E-state index contributed by atoms with van der Waals surface area (Å²) in [4.78, 5) is 21.9. The van der Waals surface area contributed by atoms with Gasteiger partial charge in [-0.1, -0.05) is 18.2 Å². The van der Waals surface area contributed by atoms with Crippen LogP contribution in [0.1, 0.15) is 11.6 Å². The monoisotopic (exact) mass is 267 g/mol. The van der Waals surface area contributed by atoms with E-state index in [-0.39, 0.29) is 23.5 Å². The van der Waals surface area contributed by atoms with Crippen LogP contribution in [-0.4, -0.2) is 35.1 Å². The van der Waals surface area contributed by atoms with Gasteiger partial charge in [-0.2, -0.15) is 0 Å². The van der Waals surface area contributed by atoms with E-state index < -0.39 is 5.97 Å². The van der Waals surface area contributed by atoms with Crippen molar-refractivity contribution in [2.75, 3.05) is 18.1 Å². The summed E-state index contributed by atoms with van der Waals surface area (Å²) in [6, 6.07) is 7.41. The zero-order valence-corrected chi connectivity index (χ0v) is 10.4. The minimum Gasteiger partial charge on any atom is -0.491 e. The molecule has 1 aliphatic rings. The van der Waals surface area contributed by atoms with E-state index in [1.165, 1.54) is 0 Å². The van der Waals surface area contributed by atoms with E-state index in [2.05, 4.69) is 5.32 Å². The van der Waals surface area contributed by atoms with Crippen molar-refractivity contribution < 1.29 is 19.4 Å². The number of hydrogen-bond acceptors (Lipinski definition) is 4. The summed E-state index contributed by atoms with van der Waals surface area (Å²) in [5.74, 6) is -0.217. The largest absolute Gasteiger partial charge is 0.491 e. The minimum absolute atomic E-state index is 0.0643. The molecule has 1 heterocycles. The predicted octanol–water partition coefficient (Wildman–Crippen LogP) is 1.05. The third kappa shape index (κ3) is 3.16. The number of amides is 1. The molecule has 96 valence electrons. The summed E-state index contributed by atoms with van der Waals surface area (Å²) in [7, 11) is 0. The Morgan fingerprint density at radius 3 is 2.94 bits per heavy atom. The van der Waals surface area contributed by atoms with Gasteiger partial charge in [0, 0.05) is 5.56 Å². The minimum atomic E-state index is -0.914. The number of hydrogen-bond donors (Lipinski definition) is 2. The van der Waals surface area contributed by atoms with Crippen LogP contribution in [-0.2, 0) is 9.59 Å². The number of para-hydroxylation sites is 1. The highest BCUT2D eigenvalue weighted by molar-refractivity contribution is 8.00. The Kier molecular flexibility index (Phi) is 4.09. The van der Waals surface area contributed by atoms with E-state index in [9.17, 15) is 9.59 Å². The van der Waals surface area contributed by atoms with Crippen LogP contribution >= 0.6 is 11.8 Å². The quantitative estimate of drug-likeness (QED) is 0.834. The maximum Gasteiger partial charge on any atom is 0.313 e. The van der Waals surface area contributed by atoms with Crippen LogP contribution in [0.4, 0.5) is 0 Å². The summed E-state index contributed by atoms with van der Waals surface area (Å²) < 4.78 is 5.44. The molecule has 0 bridgehead atoms. The van der Waals surface area contributed by atoms with Gasteiger partial charge in [0.25, 0.3) is 0 Å². The van der Waals surface area contributed by atoms with E-state index in [1.54, 1.807) is 0 Å². The molecule has 0 spiro atoms. The molecule has 1 unspecified atom stereocenters. The number of aliphatic carboxylic acids is 1. The van der Waals surface area contributed by atoms with Crippen molar-refractivity contribution in [1.82, 2.24) is 5.32 Å². The molecule has 1 aromatic carbocycles. The molecular weight excluding hydrogens is 254 g/mol. The number of thioether (sulfide) groups is 1. The van der Waals surface area contributed by atoms with Crippen molar-refractivity contribution in [3.63, 3.8) is 0 Å². The van der Waals surface area contributed by atoms with E-state index in [1.807, 2.05) is 24.3 Å². The lowest BCUT2D eigenvalue weighted by molar-refractivity contribution is -0.133. The van der Waals surface area contributed by atoms with Crippen molar-refractivity contribution in [3.05, 3.63) is 29.8 Å². The van der Waals surface area contributed by atoms with Crippen molar-refractivity contribution in [2.45, 2.75) is 6.04 Å². The lowest BCUT2D eigenvalue weighted by Crippen LogP contribution is -2.31. The fourth-order valence-electron chi connectivity index (χ4n) is 1.75. The van der Waals surface area contributed by atoms with Crippen LogP contribution in [0.3, 0.4) is 0 Å². The molecule has 0 saturated carbocycles. The average molecular weight is 267 g/mol. The van der Waals surface area contributed by atoms with Crippen LogP contribution in [0.5, 0.6) is 5.75 Å². The van der Waals surface area contributed by atoms with Gasteiger partial charge in [-0.3, -0.25) is 9.59 Å². The van der Waals surface area contributed by atoms with E-state index in [0.29, 0.717) is 6.61 Å². The Balaban J connectivity index is 1.84. The van der Waals surface area contributed by atoms with Crippen LogP contribution in [0, 0.1) is 0 Å². The first-order chi connectivity index (χ1) is 8.66. The normalized spacial score (nSPS) is 16.8. The summed E-state index contributed by atoms with van der Waals surface area (Å²) in [6.07, 6.45) is 0. The van der Waals surface area contributed by atoms with Gasteiger partial charge in [0.15, 0.2) is 0 Å². The molecule has 2 rings (SSSR count). The number of carboxylic acid groups (broad SMARTS) is 1. The fraction of sp³-hybridized carbons (Fsp3) is 0.333. The molecule has 0 aromatic heterocycles. The zero-order chi connectivity index (χ0) is 13.0. The number of carbonyl (C=O) groups is 2. The first-order valence-corrected chi connectivity index (χ1v) is 6.63. The average Bonchev–Trinajstić information content (AvgIpc) is 2.72. The van der Waals surface area contributed by atoms with Gasteiger partial charge in [0.1, 0.15) is 12.4 Å². The topological polar surface area (TPSA) is 75.6 Å². The molecule has 1 aromatic rings. The summed E-state index contributed by atoms with van der Waals surface area (Å²) in [6.45, 7) is 0.425. The second-order valence-corrected chi connectivity index (χ2v) is 4.84. The van der Waals surface area contributed by atoms with Crippen molar-refractivity contribution in [3.8, 4) is 5.75 Å². The Morgan fingerprint density at radius 2 is 2.17 bits per heavy atom. The second kappa shape index (κ2) is 5.77. The van der Waals surface area contributed by atoms with Crippen molar-refractivity contribution in [1.29, 1.82) is 0 Å². The predicted molar refractivity (Wildman–Crippen MR) is 67.8 cm³/mol. The molecule has 0 saturated heterocycles. The Hall–Kier alpha value is -1.69. The molecule has 2 N–H and O–H groups in total. The van der Waals surface area contributed by atoms with Gasteiger partial charge in [-0.25, -0.2) is 0 Å². The van der Waals surface area contributed by atoms with Gasteiger partial charge >= 0.3 is 5.97 Å². The molecule has 1 atom stereocenters. The highest BCUT2D eigenvalue weighted by atomic mass is 32.2. The van der Waals surface area contributed by atoms with Crippen LogP contribution in [0.25, 0.3) is 0 Å². The Morgan fingerprint density at radius 1 is 1.39 bits per heavy atom. The SMILES string of the molecule is O=C(O)CSCC(=O)NC1COc2ccccc21. The lowest BCUT2D eigenvalue weighted by atomic mass is 10.1. The maximum absolute atomic E-state index is 11.6. The molecule has 1 aliphatic heterocycles. The van der Waals surface area contributed by atoms with Gasteiger partial charge in [0.05, 0.1) is 17.5 Å². The molecule has 1 amide bonds. The van der Waals surface area contributed by atoms with Gasteiger partial charge < -0.3 is 15.2 Å². The summed E-state index contributed by atoms with van der Waals surface area (Å²) >= 11 is 1.08. The van der Waals surface area contributed by atoms with E-state index in [0.717, 1.165) is 23.1 Å². The fourth-order valence-corrected chi connectivity index (χ4v) is 2.29. The maximum atomic E-state index is 11.6. The molecule has 6 heteroatoms. The molecular formula is C12H13NO4S. The lowest BCUT2D eigenvalue weighted by Gasteiger charge is -2.11. The standard InChI is InChI=1S/C12H13NO4S/c14-11(6-18-7-12(15)16)13-9-5-17-10-4-2-1-3-8(9)10/h1-4,9H,5-7H2,(H,13,14)(H,15,16). The third-order valence-corrected chi connectivity index (χ3v) is 3.41. The number of carbonyl (C=O) groups excluding carboxylic acids is 1.